The Kier molecular flexibility index (Phi) is 6.36. The van der Waals surface area contributed by atoms with Gasteiger partial charge in [-0.05, 0) is 49.4 Å². The number of aromatic nitrogens is 1. The van der Waals surface area contributed by atoms with Crippen molar-refractivity contribution >= 4 is 44.7 Å². The Morgan fingerprint density at radius 3 is 2.81 bits per heavy atom. The van der Waals surface area contributed by atoms with Crippen molar-refractivity contribution in [1.29, 1.82) is 0 Å². The summed E-state index contributed by atoms with van der Waals surface area (Å²) >= 11 is 2.92. The topological polar surface area (TPSA) is 69.8 Å². The summed E-state index contributed by atoms with van der Waals surface area (Å²) < 4.78 is 5.96. The van der Waals surface area contributed by atoms with E-state index < -0.39 is 0 Å². The zero-order chi connectivity index (χ0) is 21.9. The average Bonchev–Trinajstić information content (AvgIpc) is 3.57. The van der Waals surface area contributed by atoms with Crippen LogP contribution in [0.3, 0.4) is 0 Å². The van der Waals surface area contributed by atoms with Gasteiger partial charge in [0.25, 0.3) is 5.91 Å². The molecule has 4 aromatic rings. The van der Waals surface area contributed by atoms with Gasteiger partial charge in [0.1, 0.15) is 11.3 Å². The van der Waals surface area contributed by atoms with E-state index in [1.165, 1.54) is 22.7 Å². The van der Waals surface area contributed by atoms with Crippen LogP contribution in [0.5, 0.6) is 0 Å². The van der Waals surface area contributed by atoms with Crippen LogP contribution in [-0.4, -0.2) is 53.2 Å². The van der Waals surface area contributed by atoms with Gasteiger partial charge in [-0.15, -0.1) is 22.7 Å². The number of nitrogens with zero attached hydrogens (tertiary/aromatic N) is 3. The van der Waals surface area contributed by atoms with Gasteiger partial charge in [0.05, 0.1) is 11.0 Å². The van der Waals surface area contributed by atoms with Gasteiger partial charge in [0.2, 0.25) is 0 Å². The van der Waals surface area contributed by atoms with E-state index in [1.54, 1.807) is 4.90 Å². The molecule has 0 unspecified atom stereocenters. The molecule has 0 saturated carbocycles. The summed E-state index contributed by atoms with van der Waals surface area (Å²) in [7, 11) is 0. The van der Waals surface area contributed by atoms with Crippen LogP contribution < -0.4 is 4.90 Å². The minimum absolute atomic E-state index is 0.0143. The number of likely N-dealkylation sites (tertiary alicyclic amines) is 1. The van der Waals surface area contributed by atoms with Crippen LogP contribution in [-0.2, 0) is 0 Å². The number of carbonyl (C=O) groups is 1. The number of thiazole rings is 1. The summed E-state index contributed by atoms with van der Waals surface area (Å²) in [6.45, 7) is 3.33. The number of carbonyl (C=O) groups excluding carboxylic acids is 1. The Morgan fingerprint density at radius 2 is 2.03 bits per heavy atom. The lowest BCUT2D eigenvalue weighted by molar-refractivity contribution is 0.0821. The Bertz CT molecular complexity index is 1140. The van der Waals surface area contributed by atoms with E-state index in [0.717, 1.165) is 55.6 Å². The number of hydrogen-bond acceptors (Lipinski definition) is 7. The third kappa shape index (κ3) is 4.63. The van der Waals surface area contributed by atoms with Crippen LogP contribution in [0.1, 0.15) is 28.9 Å². The van der Waals surface area contributed by atoms with E-state index in [0.29, 0.717) is 22.3 Å². The van der Waals surface area contributed by atoms with Crippen LogP contribution in [0, 0.1) is 0 Å². The van der Waals surface area contributed by atoms with Crippen molar-refractivity contribution in [1.82, 2.24) is 9.88 Å². The first-order valence-electron chi connectivity index (χ1n) is 10.9. The molecule has 0 radical (unpaired) electrons. The van der Waals surface area contributed by atoms with Crippen molar-refractivity contribution in [2.75, 3.05) is 31.1 Å². The molecule has 3 aromatic heterocycles. The second-order valence-electron chi connectivity index (χ2n) is 8.02. The van der Waals surface area contributed by atoms with Crippen LogP contribution in [0.4, 0.5) is 5.13 Å². The summed E-state index contributed by atoms with van der Waals surface area (Å²) in [5.41, 5.74) is 1.57. The minimum Gasteiger partial charge on any atom is -0.454 e. The average molecular weight is 468 g/mol. The molecule has 4 heterocycles. The molecule has 1 aromatic carbocycles. The fraction of sp³-hybridized carbons (Fsp3) is 0.333. The van der Waals surface area contributed by atoms with Gasteiger partial charge in [-0.1, -0.05) is 24.3 Å². The molecule has 1 saturated heterocycles. The Balaban J connectivity index is 1.33. The molecule has 32 heavy (non-hydrogen) atoms. The number of thiophene rings is 1. The van der Waals surface area contributed by atoms with Gasteiger partial charge in [0, 0.05) is 30.4 Å². The molecular weight excluding hydrogens is 442 g/mol. The van der Waals surface area contributed by atoms with E-state index in [2.05, 4.69) is 4.90 Å². The zero-order valence-electron chi connectivity index (χ0n) is 17.6. The smallest absolute Gasteiger partial charge is 0.270 e. The summed E-state index contributed by atoms with van der Waals surface area (Å²) in [4.78, 5) is 22.9. The molecule has 166 valence electrons. The molecule has 8 heteroatoms. The van der Waals surface area contributed by atoms with Gasteiger partial charge >= 0.3 is 0 Å². The molecule has 0 atom stereocenters. The molecule has 1 aliphatic rings. The summed E-state index contributed by atoms with van der Waals surface area (Å²) in [6, 6.07) is 13.6. The summed E-state index contributed by atoms with van der Waals surface area (Å²) in [5.74, 6) is 0.698. The fourth-order valence-electron chi connectivity index (χ4n) is 4.02. The van der Waals surface area contributed by atoms with E-state index in [-0.39, 0.29) is 12.0 Å². The third-order valence-electron chi connectivity index (χ3n) is 5.79. The number of rotatable bonds is 7. The maximum atomic E-state index is 13.3. The molecule has 0 aliphatic carbocycles. The molecule has 6 nitrogen and oxygen atoms in total. The molecule has 5 rings (SSSR count). The van der Waals surface area contributed by atoms with Crippen molar-refractivity contribution in [2.45, 2.75) is 25.4 Å². The highest BCUT2D eigenvalue weighted by Gasteiger charge is 2.23. The predicted octanol–water partition coefficient (Wildman–Crippen LogP) is 5.11. The number of fused-ring (bicyclic) bond motifs is 1. The van der Waals surface area contributed by atoms with E-state index in [9.17, 15) is 9.90 Å². The summed E-state index contributed by atoms with van der Waals surface area (Å²) in [5, 5.41) is 15.3. The maximum Gasteiger partial charge on any atom is 0.270 e. The second-order valence-corrected chi connectivity index (χ2v) is 9.81. The first-order valence-corrected chi connectivity index (χ1v) is 12.6. The number of anilines is 1. The standard InChI is InChI=1S/C24H25N3O3S2/c28-18-8-12-26(13-9-18)10-4-11-27(23(29)22-7-3-14-31-22)24-25-19(16-32-24)21-15-17-5-1-2-6-20(17)30-21/h1-3,5-7,14-16,18,28H,4,8-13H2. The second kappa shape index (κ2) is 9.54. The van der Waals surface area contributed by atoms with Crippen molar-refractivity contribution in [3.05, 3.63) is 58.1 Å². The lowest BCUT2D eigenvalue weighted by atomic mass is 10.1. The Hall–Kier alpha value is -2.52. The van der Waals surface area contributed by atoms with Crippen molar-refractivity contribution in [2.24, 2.45) is 0 Å². The number of piperidine rings is 1. The van der Waals surface area contributed by atoms with Crippen LogP contribution >= 0.6 is 22.7 Å². The van der Waals surface area contributed by atoms with Crippen LogP contribution in [0.25, 0.3) is 22.4 Å². The van der Waals surface area contributed by atoms with E-state index in [1.807, 2.05) is 53.2 Å². The highest BCUT2D eigenvalue weighted by Crippen LogP contribution is 2.32. The lowest BCUT2D eigenvalue weighted by Crippen LogP contribution is -2.38. The Morgan fingerprint density at radius 1 is 1.19 bits per heavy atom. The van der Waals surface area contributed by atoms with Crippen LogP contribution in [0.2, 0.25) is 0 Å². The normalized spacial score (nSPS) is 15.4. The number of amides is 1. The van der Waals surface area contributed by atoms with Gasteiger partial charge < -0.3 is 14.4 Å². The number of para-hydroxylation sites is 1. The number of benzene rings is 1. The maximum absolute atomic E-state index is 13.3. The fourth-order valence-corrected chi connectivity index (χ4v) is 5.53. The Labute approximate surface area is 194 Å². The van der Waals surface area contributed by atoms with Gasteiger partial charge in [-0.25, -0.2) is 4.98 Å². The largest absolute Gasteiger partial charge is 0.454 e. The SMILES string of the molecule is O=C(c1cccs1)N(CCCN1CCC(O)CC1)c1nc(-c2cc3ccccc3o2)cs1. The van der Waals surface area contributed by atoms with Crippen LogP contribution in [0.15, 0.2) is 57.6 Å². The highest BCUT2D eigenvalue weighted by atomic mass is 32.1. The molecular formula is C24H25N3O3S2. The lowest BCUT2D eigenvalue weighted by Gasteiger charge is -2.30. The highest BCUT2D eigenvalue weighted by molar-refractivity contribution is 7.14. The minimum atomic E-state index is -0.171. The van der Waals surface area contributed by atoms with Gasteiger partial charge in [-0.2, -0.15) is 0 Å². The van der Waals surface area contributed by atoms with E-state index >= 15 is 0 Å². The van der Waals surface area contributed by atoms with Crippen molar-refractivity contribution in [3.63, 3.8) is 0 Å². The summed E-state index contributed by atoms with van der Waals surface area (Å²) in [6.07, 6.45) is 2.33. The quantitative estimate of drug-likeness (QED) is 0.409. The van der Waals surface area contributed by atoms with Crippen molar-refractivity contribution in [3.8, 4) is 11.5 Å². The molecule has 1 fully saturated rings. The van der Waals surface area contributed by atoms with Gasteiger partial charge in [-0.3, -0.25) is 9.69 Å². The van der Waals surface area contributed by atoms with E-state index in [4.69, 9.17) is 9.40 Å². The predicted molar refractivity (Wildman–Crippen MR) is 130 cm³/mol. The molecule has 0 spiro atoms. The van der Waals surface area contributed by atoms with Gasteiger partial charge in [0.15, 0.2) is 10.9 Å². The number of furan rings is 1. The molecule has 1 N–H and O–H groups in total. The number of hydrogen-bond donors (Lipinski definition) is 1. The molecule has 1 amide bonds. The molecule has 0 bridgehead atoms. The third-order valence-corrected chi connectivity index (χ3v) is 7.51. The number of aliphatic hydroxyl groups is 1. The zero-order valence-corrected chi connectivity index (χ0v) is 19.3. The van der Waals surface area contributed by atoms with Crippen molar-refractivity contribution < 1.29 is 14.3 Å². The monoisotopic (exact) mass is 467 g/mol. The number of aliphatic hydroxyl groups excluding tert-OH is 1. The first-order chi connectivity index (χ1) is 15.7. The molecule has 1 aliphatic heterocycles. The first kappa shape index (κ1) is 21.3.